The number of esters is 1. The third-order valence-electron chi connectivity index (χ3n) is 4.43. The summed E-state index contributed by atoms with van der Waals surface area (Å²) < 4.78 is 5.25. The van der Waals surface area contributed by atoms with Crippen molar-refractivity contribution in [2.75, 3.05) is 26.2 Å². The minimum atomic E-state index is -0.553. The lowest BCUT2D eigenvalue weighted by Gasteiger charge is -2.31. The average Bonchev–Trinajstić information content (AvgIpc) is 3.08. The highest BCUT2D eigenvalue weighted by Gasteiger charge is 2.34. The molecule has 0 aromatic heterocycles. The molecule has 2 aliphatic heterocycles. The summed E-state index contributed by atoms with van der Waals surface area (Å²) >= 11 is 5.96. The molecule has 134 valence electrons. The van der Waals surface area contributed by atoms with Crippen LogP contribution in [-0.2, 0) is 9.53 Å². The Morgan fingerprint density at radius 2 is 1.96 bits per heavy atom. The second-order valence-electron chi connectivity index (χ2n) is 6.18. The predicted molar refractivity (Wildman–Crippen MR) is 95.2 cm³/mol. The van der Waals surface area contributed by atoms with E-state index < -0.39 is 12.0 Å². The largest absolute Gasteiger partial charge is 0.463 e. The normalized spacial score (nSPS) is 21.0. The van der Waals surface area contributed by atoms with Crippen LogP contribution in [0.25, 0.3) is 0 Å². The van der Waals surface area contributed by atoms with Crippen LogP contribution in [0.4, 0.5) is 4.79 Å². The van der Waals surface area contributed by atoms with Crippen LogP contribution in [0, 0.1) is 0 Å². The van der Waals surface area contributed by atoms with Crippen LogP contribution in [-0.4, -0.2) is 43.1 Å². The van der Waals surface area contributed by atoms with Crippen molar-refractivity contribution in [3.63, 3.8) is 0 Å². The van der Waals surface area contributed by atoms with Crippen molar-refractivity contribution in [3.8, 4) is 0 Å². The zero-order valence-corrected chi connectivity index (χ0v) is 14.9. The topological polar surface area (TPSA) is 70.7 Å². The molecule has 1 aromatic rings. The van der Waals surface area contributed by atoms with E-state index in [1.807, 2.05) is 12.1 Å². The molecule has 0 unspecified atom stereocenters. The van der Waals surface area contributed by atoms with Crippen LogP contribution >= 0.6 is 11.6 Å². The summed E-state index contributed by atoms with van der Waals surface area (Å²) in [5.74, 6) is -0.413. The van der Waals surface area contributed by atoms with Crippen LogP contribution in [0.15, 0.2) is 35.5 Å². The molecule has 2 heterocycles. The minimum Gasteiger partial charge on any atom is -0.463 e. The van der Waals surface area contributed by atoms with Crippen molar-refractivity contribution in [1.29, 1.82) is 0 Å². The van der Waals surface area contributed by atoms with Gasteiger partial charge in [0.25, 0.3) is 0 Å². The number of carbonyl (C=O) groups excluding carboxylic acids is 2. The Morgan fingerprint density at radius 1 is 1.28 bits per heavy atom. The number of amides is 2. The minimum absolute atomic E-state index is 0.278. The Balaban J connectivity index is 1.98. The van der Waals surface area contributed by atoms with Gasteiger partial charge in [0, 0.05) is 17.3 Å². The number of nitrogens with one attached hydrogen (secondary N) is 2. The van der Waals surface area contributed by atoms with Crippen LogP contribution in [0.1, 0.15) is 31.4 Å². The number of halogens is 1. The van der Waals surface area contributed by atoms with Gasteiger partial charge in [-0.1, -0.05) is 23.7 Å². The maximum atomic E-state index is 12.6. The Hall–Kier alpha value is -2.05. The maximum Gasteiger partial charge on any atom is 0.338 e. The number of rotatable bonds is 5. The van der Waals surface area contributed by atoms with Crippen molar-refractivity contribution in [2.24, 2.45) is 0 Å². The van der Waals surface area contributed by atoms with Crippen molar-refractivity contribution in [2.45, 2.75) is 25.8 Å². The van der Waals surface area contributed by atoms with Gasteiger partial charge >= 0.3 is 12.0 Å². The summed E-state index contributed by atoms with van der Waals surface area (Å²) in [4.78, 5) is 27.0. The van der Waals surface area contributed by atoms with Gasteiger partial charge in [-0.25, -0.2) is 9.59 Å². The van der Waals surface area contributed by atoms with E-state index in [9.17, 15) is 9.59 Å². The molecule has 0 radical (unpaired) electrons. The summed E-state index contributed by atoms with van der Waals surface area (Å²) in [6, 6.07) is 6.24. The van der Waals surface area contributed by atoms with E-state index in [0.717, 1.165) is 31.5 Å². The predicted octanol–water partition coefficient (Wildman–Crippen LogP) is 2.61. The first-order valence-corrected chi connectivity index (χ1v) is 8.91. The van der Waals surface area contributed by atoms with E-state index >= 15 is 0 Å². The highest BCUT2D eigenvalue weighted by atomic mass is 35.5. The fourth-order valence-corrected chi connectivity index (χ4v) is 3.39. The van der Waals surface area contributed by atoms with Crippen LogP contribution in [0.3, 0.4) is 0 Å². The molecule has 2 N–H and O–H groups in total. The number of hydrogen-bond donors (Lipinski definition) is 2. The number of benzene rings is 1. The van der Waals surface area contributed by atoms with Gasteiger partial charge in [-0.2, -0.15) is 0 Å². The molecule has 2 aliphatic rings. The number of carbonyl (C=O) groups is 2. The first kappa shape index (κ1) is 17.8. The first-order chi connectivity index (χ1) is 12.1. The van der Waals surface area contributed by atoms with E-state index in [0.29, 0.717) is 22.8 Å². The Kier molecular flexibility index (Phi) is 5.60. The first-order valence-electron chi connectivity index (χ1n) is 8.54. The van der Waals surface area contributed by atoms with Gasteiger partial charge in [0.05, 0.1) is 18.2 Å². The van der Waals surface area contributed by atoms with Gasteiger partial charge in [-0.05, 0) is 50.6 Å². The van der Waals surface area contributed by atoms with Gasteiger partial charge < -0.3 is 15.4 Å². The molecule has 7 heteroatoms. The van der Waals surface area contributed by atoms with Crippen LogP contribution in [0.5, 0.6) is 0 Å². The molecule has 0 spiro atoms. The van der Waals surface area contributed by atoms with Crippen molar-refractivity contribution >= 4 is 23.6 Å². The van der Waals surface area contributed by atoms with Crippen molar-refractivity contribution in [3.05, 3.63) is 46.1 Å². The molecule has 3 rings (SSSR count). The highest BCUT2D eigenvalue weighted by Crippen LogP contribution is 2.29. The molecular weight excluding hydrogens is 342 g/mol. The summed E-state index contributed by atoms with van der Waals surface area (Å²) in [5.41, 5.74) is 1.86. The molecule has 25 heavy (non-hydrogen) atoms. The van der Waals surface area contributed by atoms with Crippen LogP contribution < -0.4 is 10.6 Å². The lowest BCUT2D eigenvalue weighted by molar-refractivity contribution is -0.139. The summed E-state index contributed by atoms with van der Waals surface area (Å²) in [6.45, 7) is 4.51. The van der Waals surface area contributed by atoms with Gasteiger partial charge in [0.2, 0.25) is 0 Å². The second-order valence-corrected chi connectivity index (χ2v) is 6.62. The van der Waals surface area contributed by atoms with Crippen molar-refractivity contribution in [1.82, 2.24) is 15.5 Å². The molecule has 1 aromatic carbocycles. The summed E-state index contributed by atoms with van der Waals surface area (Å²) in [6.07, 6.45) is 2.27. The number of hydrogen-bond acceptors (Lipinski definition) is 4. The third kappa shape index (κ3) is 4.14. The summed E-state index contributed by atoms with van der Waals surface area (Å²) in [7, 11) is 0. The molecule has 0 saturated carbocycles. The Labute approximate surface area is 152 Å². The third-order valence-corrected chi connectivity index (χ3v) is 4.68. The lowest BCUT2D eigenvalue weighted by atomic mass is 9.95. The number of likely N-dealkylation sites (tertiary alicyclic amines) is 1. The smallest absolute Gasteiger partial charge is 0.338 e. The van der Waals surface area contributed by atoms with E-state index in [2.05, 4.69) is 15.5 Å². The van der Waals surface area contributed by atoms with Gasteiger partial charge in [-0.15, -0.1) is 0 Å². The number of nitrogens with zero attached hydrogens (tertiary/aromatic N) is 1. The van der Waals surface area contributed by atoms with Gasteiger partial charge in [0.15, 0.2) is 0 Å². The standard InChI is InChI=1S/C18H22ClN3O3/c1-2-25-17(23)15-14(11-22-9-3-4-10-22)20-18(24)21-16(15)12-5-7-13(19)8-6-12/h5-8,16H,2-4,9-11H2,1H3,(H2,20,21,24)/t16-/m1/s1. The van der Waals surface area contributed by atoms with Crippen LogP contribution in [0.2, 0.25) is 5.02 Å². The molecule has 1 atom stereocenters. The van der Waals surface area contributed by atoms with Crippen molar-refractivity contribution < 1.29 is 14.3 Å². The number of ether oxygens (including phenoxy) is 1. The summed E-state index contributed by atoms with van der Waals surface area (Å²) in [5, 5.41) is 6.23. The molecule has 1 fully saturated rings. The van der Waals surface area contributed by atoms with E-state index in [1.54, 1.807) is 19.1 Å². The van der Waals surface area contributed by atoms with E-state index in [-0.39, 0.29) is 12.6 Å². The molecular formula is C18H22ClN3O3. The zero-order valence-electron chi connectivity index (χ0n) is 14.2. The Bertz CT molecular complexity index is 681. The maximum absolute atomic E-state index is 12.6. The van der Waals surface area contributed by atoms with E-state index in [4.69, 9.17) is 16.3 Å². The quantitative estimate of drug-likeness (QED) is 0.789. The van der Waals surface area contributed by atoms with Gasteiger partial charge in [0.1, 0.15) is 0 Å². The van der Waals surface area contributed by atoms with Gasteiger partial charge in [-0.3, -0.25) is 4.90 Å². The average molecular weight is 364 g/mol. The molecule has 0 aliphatic carbocycles. The fraction of sp³-hybridized carbons (Fsp3) is 0.444. The molecule has 6 nitrogen and oxygen atoms in total. The highest BCUT2D eigenvalue weighted by molar-refractivity contribution is 6.30. The second kappa shape index (κ2) is 7.89. The lowest BCUT2D eigenvalue weighted by Crippen LogP contribution is -2.48. The van der Waals surface area contributed by atoms with E-state index in [1.165, 1.54) is 0 Å². The zero-order chi connectivity index (χ0) is 17.8. The molecule has 2 amide bonds. The number of urea groups is 1. The monoisotopic (exact) mass is 363 g/mol. The Morgan fingerprint density at radius 3 is 2.60 bits per heavy atom. The molecule has 1 saturated heterocycles. The SMILES string of the molecule is CCOC(=O)C1=C(CN2CCCC2)NC(=O)N[C@@H]1c1ccc(Cl)cc1. The molecule has 0 bridgehead atoms. The fourth-order valence-electron chi connectivity index (χ4n) is 3.26.